The first-order valence-corrected chi connectivity index (χ1v) is 10.1. The van der Waals surface area contributed by atoms with Gasteiger partial charge in [0, 0.05) is 42.2 Å². The molecular weight excluding hydrogens is 405 g/mol. The Morgan fingerprint density at radius 3 is 2.65 bits per heavy atom. The minimum atomic E-state index is -0.809. The summed E-state index contributed by atoms with van der Waals surface area (Å²) >= 11 is 0. The van der Waals surface area contributed by atoms with Gasteiger partial charge in [-0.25, -0.2) is 14.4 Å². The van der Waals surface area contributed by atoms with Gasteiger partial charge in [-0.05, 0) is 6.42 Å². The summed E-state index contributed by atoms with van der Waals surface area (Å²) in [6, 6.07) is 4.37. The number of nitrogens with zero attached hydrogens (tertiary/aromatic N) is 5. The number of oxime groups is 1. The molecule has 1 aromatic carbocycles. The predicted molar refractivity (Wildman–Crippen MR) is 111 cm³/mol. The fourth-order valence-corrected chi connectivity index (χ4v) is 3.67. The molecule has 2 saturated heterocycles. The molecule has 2 aromatic rings. The van der Waals surface area contributed by atoms with E-state index in [0.717, 1.165) is 5.71 Å². The molecule has 164 valence electrons. The molecule has 1 unspecified atom stereocenters. The van der Waals surface area contributed by atoms with E-state index in [1.54, 1.807) is 24.5 Å². The maximum absolute atomic E-state index is 14.4. The van der Waals surface area contributed by atoms with Crippen molar-refractivity contribution in [3.63, 3.8) is 0 Å². The van der Waals surface area contributed by atoms with E-state index in [1.165, 1.54) is 6.07 Å². The van der Waals surface area contributed by atoms with Gasteiger partial charge in [-0.15, -0.1) is 0 Å². The first-order valence-electron chi connectivity index (χ1n) is 10.1. The van der Waals surface area contributed by atoms with Crippen molar-refractivity contribution in [1.82, 2.24) is 14.9 Å². The number of aliphatic hydroxyl groups is 1. The van der Waals surface area contributed by atoms with Gasteiger partial charge in [0.25, 0.3) is 0 Å². The number of anilines is 1. The van der Waals surface area contributed by atoms with Crippen LogP contribution in [-0.2, 0) is 16.2 Å². The van der Waals surface area contributed by atoms with E-state index in [1.807, 2.05) is 16.7 Å². The summed E-state index contributed by atoms with van der Waals surface area (Å²) in [5, 5.41) is 22.5. The van der Waals surface area contributed by atoms with Crippen molar-refractivity contribution < 1.29 is 24.2 Å². The summed E-state index contributed by atoms with van der Waals surface area (Å²) in [7, 11) is 0. The summed E-state index contributed by atoms with van der Waals surface area (Å²) in [6.07, 6.45) is 3.59. The van der Waals surface area contributed by atoms with Crippen molar-refractivity contribution in [2.45, 2.75) is 32.1 Å². The van der Waals surface area contributed by atoms with Crippen molar-refractivity contribution in [1.29, 1.82) is 0 Å². The zero-order valence-electron chi connectivity index (χ0n) is 17.1. The Labute approximate surface area is 178 Å². The first-order chi connectivity index (χ1) is 15.0. The molecule has 4 rings (SSSR count). The average Bonchev–Trinajstić information content (AvgIpc) is 2.71. The number of carbonyl (C=O) groups is 1. The molecule has 31 heavy (non-hydrogen) atoms. The number of aliphatic hydroxyl groups excluding tert-OH is 1. The van der Waals surface area contributed by atoms with Crippen LogP contribution in [0.2, 0.25) is 0 Å². The zero-order chi connectivity index (χ0) is 22.0. The van der Waals surface area contributed by atoms with Crippen molar-refractivity contribution in [2.24, 2.45) is 5.16 Å². The van der Waals surface area contributed by atoms with Crippen LogP contribution >= 0.6 is 0 Å². The molecule has 1 aromatic heterocycles. The monoisotopic (exact) mass is 429 g/mol. The summed E-state index contributed by atoms with van der Waals surface area (Å²) in [6.45, 7) is 3.68. The average molecular weight is 429 g/mol. The molecular formula is C21H24FN5O4. The van der Waals surface area contributed by atoms with Gasteiger partial charge in [-0.3, -0.25) is 9.69 Å². The van der Waals surface area contributed by atoms with Crippen molar-refractivity contribution in [3.05, 3.63) is 42.0 Å². The van der Waals surface area contributed by atoms with Crippen LogP contribution in [0, 0.1) is 5.82 Å². The molecule has 0 aliphatic carbocycles. The third-order valence-electron chi connectivity index (χ3n) is 5.55. The molecule has 2 N–H and O–H groups in total. The molecule has 3 heterocycles. The third kappa shape index (κ3) is 4.35. The fraction of sp³-hybridized carbons (Fsp3) is 0.429. The van der Waals surface area contributed by atoms with Gasteiger partial charge in [0.05, 0.1) is 25.4 Å². The molecule has 2 aliphatic heterocycles. The SMILES string of the molecule is CCC(C(=O)O)N1CC(ON=C2CN(c3ncc(-c4cccc(CO)c4F)cn3)C2)C1. The summed E-state index contributed by atoms with van der Waals surface area (Å²) in [4.78, 5) is 29.1. The van der Waals surface area contributed by atoms with E-state index in [4.69, 9.17) is 9.94 Å². The Hall–Kier alpha value is -3.11. The highest BCUT2D eigenvalue weighted by Crippen LogP contribution is 2.25. The molecule has 1 atom stereocenters. The van der Waals surface area contributed by atoms with E-state index < -0.39 is 17.8 Å². The Morgan fingerprint density at radius 2 is 2.03 bits per heavy atom. The molecule has 2 fully saturated rings. The number of likely N-dealkylation sites (tertiary alicyclic amines) is 1. The number of carboxylic acid groups (broad SMARTS) is 1. The lowest BCUT2D eigenvalue weighted by molar-refractivity contribution is -0.150. The second kappa shape index (κ2) is 8.94. The number of carboxylic acids is 1. The highest BCUT2D eigenvalue weighted by Gasteiger charge is 2.37. The minimum absolute atomic E-state index is 0.0879. The lowest BCUT2D eigenvalue weighted by Gasteiger charge is -2.41. The predicted octanol–water partition coefficient (Wildman–Crippen LogP) is 1.51. The van der Waals surface area contributed by atoms with Crippen LogP contribution in [0.4, 0.5) is 10.3 Å². The molecule has 0 amide bonds. The number of aliphatic carboxylic acids is 1. The van der Waals surface area contributed by atoms with Gasteiger partial charge in [-0.1, -0.05) is 30.3 Å². The first kappa shape index (κ1) is 21.1. The van der Waals surface area contributed by atoms with Crippen LogP contribution in [0.3, 0.4) is 0 Å². The maximum atomic E-state index is 14.4. The van der Waals surface area contributed by atoms with Crippen LogP contribution in [-0.4, -0.2) is 75.1 Å². The Kier molecular flexibility index (Phi) is 6.10. The van der Waals surface area contributed by atoms with Crippen LogP contribution < -0.4 is 4.90 Å². The van der Waals surface area contributed by atoms with Crippen LogP contribution in [0.5, 0.6) is 0 Å². The molecule has 0 saturated carbocycles. The minimum Gasteiger partial charge on any atom is -0.480 e. The summed E-state index contributed by atoms with van der Waals surface area (Å²) in [5.74, 6) is -0.764. The standard InChI is InChI=1S/C21H24FN5O4/c1-2-18(20(29)30)26-10-16(11-26)31-25-15-8-27(9-15)21-23-6-14(7-24-21)17-5-3-4-13(12-28)19(17)22/h3-7,16,18,28H,2,8-12H2,1H3,(H,29,30). The zero-order valence-corrected chi connectivity index (χ0v) is 17.1. The highest BCUT2D eigenvalue weighted by molar-refractivity contribution is 5.98. The molecule has 0 radical (unpaired) electrons. The van der Waals surface area contributed by atoms with Gasteiger partial charge in [0.15, 0.2) is 6.10 Å². The number of aromatic nitrogens is 2. The van der Waals surface area contributed by atoms with Gasteiger partial charge in [0.1, 0.15) is 11.9 Å². The topological polar surface area (TPSA) is 111 Å². The molecule has 9 nitrogen and oxygen atoms in total. The quantitative estimate of drug-likeness (QED) is 0.608. The van der Waals surface area contributed by atoms with Crippen molar-refractivity contribution in [3.8, 4) is 11.1 Å². The number of hydrogen-bond donors (Lipinski definition) is 2. The van der Waals surface area contributed by atoms with E-state index in [0.29, 0.717) is 49.7 Å². The number of rotatable bonds is 8. The maximum Gasteiger partial charge on any atom is 0.320 e. The van der Waals surface area contributed by atoms with Crippen molar-refractivity contribution >= 4 is 17.6 Å². The van der Waals surface area contributed by atoms with Crippen LogP contribution in [0.25, 0.3) is 11.1 Å². The van der Waals surface area contributed by atoms with Gasteiger partial charge >= 0.3 is 5.97 Å². The second-order valence-corrected chi connectivity index (χ2v) is 7.67. The largest absolute Gasteiger partial charge is 0.480 e. The Morgan fingerprint density at radius 1 is 1.32 bits per heavy atom. The third-order valence-corrected chi connectivity index (χ3v) is 5.55. The summed E-state index contributed by atoms with van der Waals surface area (Å²) < 4.78 is 14.4. The molecule has 0 spiro atoms. The summed E-state index contributed by atoms with van der Waals surface area (Å²) in [5.41, 5.74) is 1.97. The number of hydrogen-bond acceptors (Lipinski definition) is 8. The van der Waals surface area contributed by atoms with Gasteiger partial charge in [-0.2, -0.15) is 0 Å². The van der Waals surface area contributed by atoms with E-state index in [-0.39, 0.29) is 18.3 Å². The van der Waals surface area contributed by atoms with Crippen molar-refractivity contribution in [2.75, 3.05) is 31.1 Å². The Bertz CT molecular complexity index is 970. The van der Waals surface area contributed by atoms with E-state index in [2.05, 4.69) is 15.1 Å². The second-order valence-electron chi connectivity index (χ2n) is 7.67. The van der Waals surface area contributed by atoms with Gasteiger partial charge in [0.2, 0.25) is 5.95 Å². The number of benzene rings is 1. The fourth-order valence-electron chi connectivity index (χ4n) is 3.67. The van der Waals surface area contributed by atoms with Crippen LogP contribution in [0.15, 0.2) is 35.7 Å². The molecule has 2 aliphatic rings. The van der Waals surface area contributed by atoms with Gasteiger partial charge < -0.3 is 20.0 Å². The smallest absolute Gasteiger partial charge is 0.320 e. The van der Waals surface area contributed by atoms with Crippen LogP contribution in [0.1, 0.15) is 18.9 Å². The van der Waals surface area contributed by atoms with E-state index in [9.17, 15) is 14.3 Å². The Balaban J connectivity index is 1.28. The molecule has 0 bridgehead atoms. The highest BCUT2D eigenvalue weighted by atomic mass is 19.1. The number of halogens is 1. The lowest BCUT2D eigenvalue weighted by atomic mass is 10.1. The normalized spacial score (nSPS) is 17.6. The molecule has 10 heteroatoms. The lowest BCUT2D eigenvalue weighted by Crippen LogP contribution is -2.58. The van der Waals surface area contributed by atoms with E-state index >= 15 is 0 Å².